The van der Waals surface area contributed by atoms with Gasteiger partial charge >= 0.3 is 5.97 Å². The molecule has 1 heterocycles. The maximum absolute atomic E-state index is 12.0. The van der Waals surface area contributed by atoms with Crippen LogP contribution < -0.4 is 5.09 Å². The fourth-order valence-electron chi connectivity index (χ4n) is 1.98. The molecular weight excluding hydrogens is 295 g/mol. The first-order valence-electron chi connectivity index (χ1n) is 6.32. The number of amides is 2. The van der Waals surface area contributed by atoms with Gasteiger partial charge in [0.2, 0.25) is 0 Å². The van der Waals surface area contributed by atoms with Gasteiger partial charge in [0.25, 0.3) is 11.8 Å². The van der Waals surface area contributed by atoms with Gasteiger partial charge in [-0.2, -0.15) is 0 Å². The summed E-state index contributed by atoms with van der Waals surface area (Å²) in [5.74, 6) is -2.03. The molecule has 7 nitrogen and oxygen atoms in total. The van der Waals surface area contributed by atoms with Crippen LogP contribution in [0.2, 0.25) is 0 Å². The summed E-state index contributed by atoms with van der Waals surface area (Å²) in [5.41, 5.74) is 0.593. The zero-order valence-electron chi connectivity index (χ0n) is 11.3. The van der Waals surface area contributed by atoms with E-state index in [1.165, 1.54) is 0 Å². The molecule has 0 fully saturated rings. The van der Waals surface area contributed by atoms with Gasteiger partial charge in [-0.3, -0.25) is 24.3 Å². The summed E-state index contributed by atoms with van der Waals surface area (Å²) in [4.78, 5) is 40.1. The second kappa shape index (κ2) is 6.76. The lowest BCUT2D eigenvalue weighted by atomic mass is 10.1. The summed E-state index contributed by atoms with van der Waals surface area (Å²) in [6.45, 7) is 1.78. The predicted molar refractivity (Wildman–Crippen MR) is 76.3 cm³/mol. The quantitative estimate of drug-likeness (QED) is 0.573. The normalized spacial score (nSPS) is 15.8. The van der Waals surface area contributed by atoms with E-state index < -0.39 is 23.8 Å². The van der Waals surface area contributed by atoms with E-state index in [1.54, 1.807) is 24.3 Å². The van der Waals surface area contributed by atoms with Gasteiger partial charge < -0.3 is 5.11 Å². The standard InChI is InChI=1S/C13H15N2O5P/c1-21-14-10(13(18)19)6-7-20-15-11(16)8-4-2-3-5-9(8)12(15)17/h2-5,10,14,21H,6-7H2,1H3,(H,18,19). The molecule has 1 aromatic carbocycles. The molecule has 2 unspecified atom stereocenters. The molecule has 0 bridgehead atoms. The van der Waals surface area contributed by atoms with Gasteiger partial charge in [0.1, 0.15) is 6.04 Å². The van der Waals surface area contributed by atoms with E-state index in [0.717, 1.165) is 0 Å². The Hall–Kier alpha value is -1.82. The van der Waals surface area contributed by atoms with Crippen molar-refractivity contribution in [2.24, 2.45) is 0 Å². The molecule has 0 saturated carbocycles. The third-order valence-corrected chi connectivity index (χ3v) is 3.64. The Labute approximate surface area is 123 Å². The molecule has 8 heteroatoms. The number of aliphatic carboxylic acids is 1. The summed E-state index contributed by atoms with van der Waals surface area (Å²) in [7, 11) is 0.279. The Morgan fingerprint density at radius 1 is 1.33 bits per heavy atom. The maximum Gasteiger partial charge on any atom is 0.321 e. The summed E-state index contributed by atoms with van der Waals surface area (Å²) < 4.78 is 0. The van der Waals surface area contributed by atoms with Crippen molar-refractivity contribution in [3.05, 3.63) is 35.4 Å². The molecule has 2 N–H and O–H groups in total. The first-order valence-corrected chi connectivity index (χ1v) is 7.82. The van der Waals surface area contributed by atoms with Crippen LogP contribution in [-0.2, 0) is 9.63 Å². The number of nitrogens with one attached hydrogen (secondary N) is 1. The Bertz CT molecular complexity index is 542. The number of hydrogen-bond acceptors (Lipinski definition) is 5. The number of hydroxylamine groups is 2. The highest BCUT2D eigenvalue weighted by molar-refractivity contribution is 7.34. The van der Waals surface area contributed by atoms with Crippen LogP contribution in [0.1, 0.15) is 27.1 Å². The van der Waals surface area contributed by atoms with Crippen molar-refractivity contribution in [3.8, 4) is 0 Å². The lowest BCUT2D eigenvalue weighted by molar-refractivity contribution is -0.140. The molecule has 2 amide bonds. The number of hydrogen-bond donors (Lipinski definition) is 2. The first kappa shape index (κ1) is 15.6. The van der Waals surface area contributed by atoms with Gasteiger partial charge in [0.15, 0.2) is 0 Å². The van der Waals surface area contributed by atoms with E-state index in [4.69, 9.17) is 9.94 Å². The largest absolute Gasteiger partial charge is 0.480 e. The molecule has 2 rings (SSSR count). The van der Waals surface area contributed by atoms with Crippen LogP contribution >= 0.6 is 8.73 Å². The summed E-state index contributed by atoms with van der Waals surface area (Å²) >= 11 is 0. The van der Waals surface area contributed by atoms with Crippen molar-refractivity contribution in [1.82, 2.24) is 10.2 Å². The molecule has 21 heavy (non-hydrogen) atoms. The second-order valence-corrected chi connectivity index (χ2v) is 5.15. The number of nitrogens with zero attached hydrogens (tertiary/aromatic N) is 1. The molecule has 0 aromatic heterocycles. The molecule has 2 atom stereocenters. The third-order valence-electron chi connectivity index (χ3n) is 3.00. The smallest absolute Gasteiger partial charge is 0.321 e. The molecule has 0 radical (unpaired) electrons. The summed E-state index contributed by atoms with van der Waals surface area (Å²) in [6.07, 6.45) is 0.156. The Morgan fingerprint density at radius 2 is 1.90 bits per heavy atom. The van der Waals surface area contributed by atoms with Gasteiger partial charge in [-0.25, -0.2) is 0 Å². The van der Waals surface area contributed by atoms with Crippen LogP contribution in [0.25, 0.3) is 0 Å². The molecule has 1 aliphatic heterocycles. The first-order chi connectivity index (χ1) is 10.1. The maximum atomic E-state index is 12.0. The lowest BCUT2D eigenvalue weighted by Gasteiger charge is -2.16. The van der Waals surface area contributed by atoms with Crippen LogP contribution in [0.15, 0.2) is 24.3 Å². The summed E-state index contributed by atoms with van der Waals surface area (Å²) in [5, 5.41) is 12.5. The van der Waals surface area contributed by atoms with Crippen molar-refractivity contribution >= 4 is 26.5 Å². The Morgan fingerprint density at radius 3 is 2.38 bits per heavy atom. The number of imide groups is 1. The van der Waals surface area contributed by atoms with E-state index in [-0.39, 0.29) is 21.8 Å². The van der Waals surface area contributed by atoms with E-state index in [9.17, 15) is 14.4 Å². The number of carbonyl (C=O) groups is 3. The monoisotopic (exact) mass is 310 g/mol. The average molecular weight is 310 g/mol. The highest BCUT2D eigenvalue weighted by Crippen LogP contribution is 2.22. The molecule has 112 valence electrons. The molecule has 0 spiro atoms. The van der Waals surface area contributed by atoms with Gasteiger partial charge in [0.05, 0.1) is 17.7 Å². The lowest BCUT2D eigenvalue weighted by Crippen LogP contribution is -2.35. The topological polar surface area (TPSA) is 95.9 Å². The minimum atomic E-state index is -0.990. The number of rotatable bonds is 7. The van der Waals surface area contributed by atoms with Crippen molar-refractivity contribution in [1.29, 1.82) is 0 Å². The fraction of sp³-hybridized carbons (Fsp3) is 0.308. The number of carboxylic acid groups (broad SMARTS) is 1. The minimum absolute atomic E-state index is 0.0418. The van der Waals surface area contributed by atoms with Crippen LogP contribution in [0, 0.1) is 0 Å². The van der Waals surface area contributed by atoms with Crippen molar-refractivity contribution in [2.45, 2.75) is 12.5 Å². The van der Waals surface area contributed by atoms with E-state index >= 15 is 0 Å². The van der Waals surface area contributed by atoms with Crippen LogP contribution in [0.4, 0.5) is 0 Å². The van der Waals surface area contributed by atoms with Crippen LogP contribution in [-0.4, -0.2) is 47.3 Å². The van der Waals surface area contributed by atoms with Crippen LogP contribution in [0.5, 0.6) is 0 Å². The van der Waals surface area contributed by atoms with Crippen molar-refractivity contribution in [2.75, 3.05) is 13.3 Å². The molecule has 1 aromatic rings. The van der Waals surface area contributed by atoms with Gasteiger partial charge in [-0.05, 0) is 25.2 Å². The van der Waals surface area contributed by atoms with Gasteiger partial charge in [0, 0.05) is 0 Å². The fourth-order valence-corrected chi connectivity index (χ4v) is 2.59. The van der Waals surface area contributed by atoms with Crippen LogP contribution in [0.3, 0.4) is 0 Å². The zero-order chi connectivity index (χ0) is 15.4. The molecular formula is C13H15N2O5P. The zero-order valence-corrected chi connectivity index (χ0v) is 12.3. The second-order valence-electron chi connectivity index (χ2n) is 4.36. The van der Waals surface area contributed by atoms with E-state index in [1.807, 2.05) is 6.66 Å². The SMILES string of the molecule is CPNC(CCON1C(=O)c2ccccc2C1=O)C(=O)O. The minimum Gasteiger partial charge on any atom is -0.480 e. The van der Waals surface area contributed by atoms with E-state index in [0.29, 0.717) is 16.2 Å². The van der Waals surface area contributed by atoms with Crippen molar-refractivity contribution in [3.63, 3.8) is 0 Å². The highest BCUT2D eigenvalue weighted by Gasteiger charge is 2.36. The predicted octanol–water partition coefficient (Wildman–Crippen LogP) is 0.870. The molecule has 0 aliphatic carbocycles. The Kier molecular flexibility index (Phi) is 5.01. The highest BCUT2D eigenvalue weighted by atomic mass is 31.1. The van der Waals surface area contributed by atoms with Gasteiger partial charge in [-0.15, -0.1) is 5.06 Å². The number of benzene rings is 1. The molecule has 0 saturated heterocycles. The average Bonchev–Trinajstić information content (AvgIpc) is 2.71. The number of carboxylic acids is 1. The number of fused-ring (bicyclic) bond motifs is 1. The summed E-state index contributed by atoms with van der Waals surface area (Å²) in [6, 6.07) is 5.68. The third kappa shape index (κ3) is 3.26. The number of carbonyl (C=O) groups excluding carboxylic acids is 2. The van der Waals surface area contributed by atoms with Gasteiger partial charge in [-0.1, -0.05) is 20.9 Å². The molecule has 1 aliphatic rings. The van der Waals surface area contributed by atoms with E-state index in [2.05, 4.69) is 5.09 Å². The Balaban J connectivity index is 1.95. The van der Waals surface area contributed by atoms with Crippen molar-refractivity contribution < 1.29 is 24.3 Å².